The lowest BCUT2D eigenvalue weighted by Crippen LogP contribution is -2.43. The Kier molecular flexibility index (Phi) is 4.96. The van der Waals surface area contributed by atoms with Crippen molar-refractivity contribution in [3.8, 4) is 0 Å². The molecule has 0 spiro atoms. The van der Waals surface area contributed by atoms with Crippen LogP contribution in [0, 0.1) is 0 Å². The normalized spacial score (nSPS) is 16.6. The van der Waals surface area contributed by atoms with Gasteiger partial charge in [0.15, 0.2) is 0 Å². The topological polar surface area (TPSA) is 80.4 Å². The van der Waals surface area contributed by atoms with Gasteiger partial charge in [-0.3, -0.25) is 0 Å². The van der Waals surface area contributed by atoms with Crippen molar-refractivity contribution >= 4 is 26.6 Å². The Morgan fingerprint density at radius 1 is 1.24 bits per heavy atom. The van der Waals surface area contributed by atoms with E-state index in [-0.39, 0.29) is 4.91 Å². The molecule has 132 valence electrons. The first-order valence-electron chi connectivity index (χ1n) is 8.11. The van der Waals surface area contributed by atoms with Crippen LogP contribution in [0.3, 0.4) is 0 Å². The molecule has 0 unspecified atom stereocenters. The van der Waals surface area contributed by atoms with E-state index in [2.05, 4.69) is 16.8 Å². The van der Waals surface area contributed by atoms with Crippen molar-refractivity contribution in [1.82, 2.24) is 9.29 Å². The summed E-state index contributed by atoms with van der Waals surface area (Å²) in [5.74, 6) is 0. The SMILES string of the molecule is C=C/C(=C\C=C/N)S(=O)(=O)n1ccc2ccc(N3CCNCC3)cc21. The van der Waals surface area contributed by atoms with Crippen molar-refractivity contribution in [2.24, 2.45) is 5.73 Å². The molecule has 3 rings (SSSR count). The maximum atomic E-state index is 13.0. The Labute approximate surface area is 148 Å². The van der Waals surface area contributed by atoms with E-state index in [0.29, 0.717) is 5.52 Å². The van der Waals surface area contributed by atoms with E-state index in [1.165, 1.54) is 28.4 Å². The second kappa shape index (κ2) is 7.16. The molecule has 7 heteroatoms. The summed E-state index contributed by atoms with van der Waals surface area (Å²) in [7, 11) is -3.73. The first kappa shape index (κ1) is 17.3. The third-order valence-corrected chi connectivity index (χ3v) is 5.99. The maximum absolute atomic E-state index is 13.0. The fourth-order valence-corrected chi connectivity index (χ4v) is 4.27. The van der Waals surface area contributed by atoms with Crippen LogP contribution in [-0.4, -0.2) is 38.6 Å². The lowest BCUT2D eigenvalue weighted by molar-refractivity contribution is 0.589. The molecule has 0 atom stereocenters. The van der Waals surface area contributed by atoms with Crippen LogP contribution in [0.4, 0.5) is 5.69 Å². The number of anilines is 1. The van der Waals surface area contributed by atoms with Crippen LogP contribution in [0.5, 0.6) is 0 Å². The first-order valence-corrected chi connectivity index (χ1v) is 9.55. The maximum Gasteiger partial charge on any atom is 0.268 e. The molecule has 1 saturated heterocycles. The van der Waals surface area contributed by atoms with Gasteiger partial charge in [-0.1, -0.05) is 12.6 Å². The van der Waals surface area contributed by atoms with Crippen molar-refractivity contribution in [3.63, 3.8) is 0 Å². The van der Waals surface area contributed by atoms with E-state index in [4.69, 9.17) is 5.73 Å². The highest BCUT2D eigenvalue weighted by atomic mass is 32.2. The number of aromatic nitrogens is 1. The summed E-state index contributed by atoms with van der Waals surface area (Å²) in [6.45, 7) is 7.26. The Bertz CT molecular complexity index is 935. The second-order valence-electron chi connectivity index (χ2n) is 5.75. The molecule has 0 aliphatic carbocycles. The van der Waals surface area contributed by atoms with Gasteiger partial charge >= 0.3 is 0 Å². The van der Waals surface area contributed by atoms with Gasteiger partial charge in [0.25, 0.3) is 10.0 Å². The van der Waals surface area contributed by atoms with Gasteiger partial charge in [0.2, 0.25) is 0 Å². The molecular weight excluding hydrogens is 336 g/mol. The molecule has 6 nitrogen and oxygen atoms in total. The van der Waals surface area contributed by atoms with Crippen molar-refractivity contribution in [3.05, 3.63) is 66.4 Å². The molecule has 0 saturated carbocycles. The summed E-state index contributed by atoms with van der Waals surface area (Å²) in [4.78, 5) is 2.35. The Balaban J connectivity index is 2.08. The van der Waals surface area contributed by atoms with Crippen molar-refractivity contribution < 1.29 is 8.42 Å². The number of hydrogen-bond donors (Lipinski definition) is 2. The van der Waals surface area contributed by atoms with Crippen LogP contribution >= 0.6 is 0 Å². The number of rotatable bonds is 5. The number of benzene rings is 1. The Hall–Kier alpha value is -2.51. The van der Waals surface area contributed by atoms with E-state index in [9.17, 15) is 8.42 Å². The first-order chi connectivity index (χ1) is 12.1. The molecule has 1 aromatic carbocycles. The zero-order valence-corrected chi connectivity index (χ0v) is 14.7. The molecule has 2 aromatic rings. The van der Waals surface area contributed by atoms with Crippen LogP contribution in [0.25, 0.3) is 10.9 Å². The average molecular weight is 358 g/mol. The summed E-state index contributed by atoms with van der Waals surface area (Å²) in [6.07, 6.45) is 7.10. The van der Waals surface area contributed by atoms with E-state index in [1.807, 2.05) is 18.2 Å². The van der Waals surface area contributed by atoms with E-state index in [0.717, 1.165) is 37.3 Å². The number of nitrogens with one attached hydrogen (secondary N) is 1. The van der Waals surface area contributed by atoms with Gasteiger partial charge in [0.05, 0.1) is 10.4 Å². The fourth-order valence-electron chi connectivity index (χ4n) is 2.94. The largest absolute Gasteiger partial charge is 0.405 e. The number of allylic oxidation sites excluding steroid dienone is 3. The van der Waals surface area contributed by atoms with Gasteiger partial charge in [-0.15, -0.1) is 0 Å². The number of nitrogens with two attached hydrogens (primary N) is 1. The van der Waals surface area contributed by atoms with Crippen LogP contribution in [0.2, 0.25) is 0 Å². The Morgan fingerprint density at radius 3 is 2.68 bits per heavy atom. The monoisotopic (exact) mass is 358 g/mol. The molecule has 25 heavy (non-hydrogen) atoms. The van der Waals surface area contributed by atoms with Crippen molar-refractivity contribution in [1.29, 1.82) is 0 Å². The number of piperazine rings is 1. The van der Waals surface area contributed by atoms with Crippen LogP contribution in [0.15, 0.2) is 66.4 Å². The van der Waals surface area contributed by atoms with Gasteiger partial charge in [0, 0.05) is 43.4 Å². The smallest absolute Gasteiger partial charge is 0.268 e. The lowest BCUT2D eigenvalue weighted by atomic mass is 10.2. The van der Waals surface area contributed by atoms with E-state index in [1.54, 1.807) is 12.3 Å². The summed E-state index contributed by atoms with van der Waals surface area (Å²) in [6, 6.07) is 7.72. The number of hydrogen-bond acceptors (Lipinski definition) is 5. The molecule has 1 fully saturated rings. The predicted octanol–water partition coefficient (Wildman–Crippen LogP) is 1.77. The molecule has 3 N–H and O–H groups in total. The minimum Gasteiger partial charge on any atom is -0.405 e. The molecule has 0 radical (unpaired) electrons. The standard InChI is InChI=1S/C18H22N4O2S/c1-2-17(4-3-8-19)25(23,24)22-11-7-15-5-6-16(14-18(15)22)21-12-9-20-10-13-21/h2-8,11,14,20H,1,9-10,12-13,19H2/b8-3-,17-4+. The van der Waals surface area contributed by atoms with Gasteiger partial charge < -0.3 is 16.0 Å². The zero-order chi connectivity index (χ0) is 17.9. The summed E-state index contributed by atoms with van der Waals surface area (Å²) < 4.78 is 27.2. The molecular formula is C18H22N4O2S. The van der Waals surface area contributed by atoms with Gasteiger partial charge in [-0.2, -0.15) is 0 Å². The summed E-state index contributed by atoms with van der Waals surface area (Å²) >= 11 is 0. The van der Waals surface area contributed by atoms with Crippen LogP contribution in [-0.2, 0) is 10.0 Å². The summed E-state index contributed by atoms with van der Waals surface area (Å²) in [5, 5.41) is 4.19. The molecule has 1 aliphatic heterocycles. The van der Waals surface area contributed by atoms with E-state index < -0.39 is 10.0 Å². The average Bonchev–Trinajstić information content (AvgIpc) is 3.07. The summed E-state index contributed by atoms with van der Waals surface area (Å²) in [5.41, 5.74) is 6.99. The third-order valence-electron chi connectivity index (χ3n) is 4.25. The third kappa shape index (κ3) is 3.33. The number of nitrogens with zero attached hydrogens (tertiary/aromatic N) is 2. The minimum absolute atomic E-state index is 0.0966. The fraction of sp³-hybridized carbons (Fsp3) is 0.222. The van der Waals surface area contributed by atoms with Gasteiger partial charge in [-0.25, -0.2) is 12.4 Å². The van der Waals surface area contributed by atoms with Crippen molar-refractivity contribution in [2.75, 3.05) is 31.1 Å². The Morgan fingerprint density at radius 2 is 2.00 bits per heavy atom. The number of fused-ring (bicyclic) bond motifs is 1. The van der Waals surface area contributed by atoms with Gasteiger partial charge in [-0.05, 0) is 42.6 Å². The highest BCUT2D eigenvalue weighted by Gasteiger charge is 2.20. The molecule has 1 aromatic heterocycles. The van der Waals surface area contributed by atoms with Crippen LogP contribution in [0.1, 0.15) is 0 Å². The minimum atomic E-state index is -3.73. The van der Waals surface area contributed by atoms with Crippen LogP contribution < -0.4 is 16.0 Å². The van der Waals surface area contributed by atoms with E-state index >= 15 is 0 Å². The highest BCUT2D eigenvalue weighted by molar-refractivity contribution is 7.94. The molecule has 0 bridgehead atoms. The quantitative estimate of drug-likeness (QED) is 0.797. The zero-order valence-electron chi connectivity index (χ0n) is 13.9. The second-order valence-corrected chi connectivity index (χ2v) is 7.57. The highest BCUT2D eigenvalue weighted by Crippen LogP contribution is 2.26. The van der Waals surface area contributed by atoms with Gasteiger partial charge in [0.1, 0.15) is 0 Å². The van der Waals surface area contributed by atoms with Crippen molar-refractivity contribution in [2.45, 2.75) is 0 Å². The molecule has 1 aliphatic rings. The lowest BCUT2D eigenvalue weighted by Gasteiger charge is -2.29. The molecule has 0 amide bonds. The molecule has 2 heterocycles. The predicted molar refractivity (Wildman–Crippen MR) is 103 cm³/mol.